The summed E-state index contributed by atoms with van der Waals surface area (Å²) in [5.41, 5.74) is 1.39. The molecule has 1 saturated carbocycles. The Bertz CT molecular complexity index is 872. The number of hydrogen-bond donors (Lipinski definition) is 2. The third-order valence-corrected chi connectivity index (χ3v) is 6.83. The van der Waals surface area contributed by atoms with E-state index >= 15 is 0 Å². The molecule has 3 fully saturated rings. The molecule has 8 nitrogen and oxygen atoms in total. The molecule has 1 aromatic rings. The number of benzene rings is 1. The molecule has 1 aromatic carbocycles. The van der Waals surface area contributed by atoms with E-state index in [0.717, 1.165) is 16.2 Å². The number of carbonyl (C=O) groups excluding carboxylic acids is 3. The van der Waals surface area contributed by atoms with Gasteiger partial charge in [-0.3, -0.25) is 19.3 Å². The number of fused-ring (bicyclic) bond motifs is 3. The second-order valence-corrected chi connectivity index (χ2v) is 8.46. The number of nitrogens with zero attached hydrogens (tertiary/aromatic N) is 2. The van der Waals surface area contributed by atoms with Crippen LogP contribution in [0.3, 0.4) is 0 Å². The number of aliphatic hydroxyl groups is 1. The van der Waals surface area contributed by atoms with E-state index in [2.05, 4.69) is 5.32 Å². The highest BCUT2D eigenvalue weighted by atomic mass is 16.5. The lowest BCUT2D eigenvalue weighted by atomic mass is 10.0. The molecule has 4 aliphatic rings. The van der Waals surface area contributed by atoms with Crippen molar-refractivity contribution in [2.75, 3.05) is 13.3 Å². The van der Waals surface area contributed by atoms with E-state index in [4.69, 9.17) is 4.74 Å². The van der Waals surface area contributed by atoms with Crippen LogP contribution in [0.4, 0.5) is 0 Å². The summed E-state index contributed by atoms with van der Waals surface area (Å²) in [7, 11) is 0. The summed E-state index contributed by atoms with van der Waals surface area (Å²) in [4.78, 5) is 39.5. The van der Waals surface area contributed by atoms with Crippen molar-refractivity contribution in [2.45, 2.75) is 56.8 Å². The number of aliphatic hydroxyl groups excluding tert-OH is 1. The molecule has 29 heavy (non-hydrogen) atoms. The standard InChI is InChI=1S/C21H25N3O5/c25-11-24-19(26)6-5-18(21(24)28)23-9-13-8-15(3-4-16(13)20(23)27)29-10-17-12-1-2-14(7-12)22-17/h3-4,8,12,14,17-18,22,25H,1-2,5-7,9-11H2/t12-,14+,17+,18?/m0/s1. The molecule has 0 spiro atoms. The number of rotatable bonds is 5. The number of hydrogen-bond acceptors (Lipinski definition) is 6. The van der Waals surface area contributed by atoms with Crippen LogP contribution in [0.15, 0.2) is 18.2 Å². The molecule has 4 atom stereocenters. The van der Waals surface area contributed by atoms with Gasteiger partial charge >= 0.3 is 0 Å². The van der Waals surface area contributed by atoms with Gasteiger partial charge in [0.1, 0.15) is 25.1 Å². The van der Waals surface area contributed by atoms with Crippen LogP contribution in [0.1, 0.15) is 48.0 Å². The van der Waals surface area contributed by atoms with Gasteiger partial charge in [0.25, 0.3) is 11.8 Å². The van der Waals surface area contributed by atoms with Gasteiger partial charge in [0.05, 0.1) is 0 Å². The summed E-state index contributed by atoms with van der Waals surface area (Å²) in [5, 5.41) is 12.9. The number of carbonyl (C=O) groups is 3. The highest BCUT2D eigenvalue weighted by Gasteiger charge is 2.43. The van der Waals surface area contributed by atoms with Crippen LogP contribution in [-0.4, -0.2) is 64.1 Å². The third-order valence-electron chi connectivity index (χ3n) is 6.83. The van der Waals surface area contributed by atoms with E-state index in [1.54, 1.807) is 12.1 Å². The molecule has 154 valence electrons. The maximum absolute atomic E-state index is 12.8. The number of nitrogens with one attached hydrogen (secondary N) is 1. The molecule has 2 bridgehead atoms. The van der Waals surface area contributed by atoms with Gasteiger partial charge in [-0.25, -0.2) is 0 Å². The van der Waals surface area contributed by atoms with E-state index < -0.39 is 24.6 Å². The van der Waals surface area contributed by atoms with Crippen molar-refractivity contribution in [1.82, 2.24) is 15.1 Å². The average Bonchev–Trinajstić information content (AvgIpc) is 3.42. The maximum atomic E-state index is 12.8. The molecular weight excluding hydrogens is 374 g/mol. The minimum Gasteiger partial charge on any atom is -0.492 e. The fraction of sp³-hybridized carbons (Fsp3) is 0.571. The monoisotopic (exact) mass is 399 g/mol. The molecule has 2 saturated heterocycles. The molecule has 1 unspecified atom stereocenters. The van der Waals surface area contributed by atoms with Crippen LogP contribution in [-0.2, 0) is 16.1 Å². The zero-order valence-corrected chi connectivity index (χ0v) is 16.2. The quantitative estimate of drug-likeness (QED) is 0.705. The van der Waals surface area contributed by atoms with Crippen LogP contribution in [0.5, 0.6) is 5.75 Å². The zero-order chi connectivity index (χ0) is 20.1. The Balaban J connectivity index is 1.27. The van der Waals surface area contributed by atoms with Gasteiger partial charge in [-0.2, -0.15) is 0 Å². The Kier molecular flexibility index (Phi) is 4.55. The highest BCUT2D eigenvalue weighted by Crippen LogP contribution is 2.36. The van der Waals surface area contributed by atoms with Crippen molar-refractivity contribution in [3.8, 4) is 5.75 Å². The summed E-state index contributed by atoms with van der Waals surface area (Å²) < 4.78 is 6.01. The van der Waals surface area contributed by atoms with Gasteiger partial charge in [-0.15, -0.1) is 0 Å². The molecule has 3 amide bonds. The third kappa shape index (κ3) is 3.11. The van der Waals surface area contributed by atoms with Crippen LogP contribution in [0.2, 0.25) is 0 Å². The number of likely N-dealkylation sites (tertiary alicyclic amines) is 1. The Morgan fingerprint density at radius 3 is 2.76 bits per heavy atom. The van der Waals surface area contributed by atoms with E-state index in [1.807, 2.05) is 6.07 Å². The minimum absolute atomic E-state index is 0.141. The number of amides is 3. The van der Waals surface area contributed by atoms with Crippen LogP contribution >= 0.6 is 0 Å². The van der Waals surface area contributed by atoms with Crippen LogP contribution in [0, 0.1) is 5.92 Å². The fourth-order valence-electron chi connectivity index (χ4n) is 5.26. The van der Waals surface area contributed by atoms with Crippen molar-refractivity contribution in [1.29, 1.82) is 0 Å². The van der Waals surface area contributed by atoms with Crippen molar-refractivity contribution in [3.05, 3.63) is 29.3 Å². The average molecular weight is 399 g/mol. The Hall–Kier alpha value is -2.45. The molecule has 8 heteroatoms. The predicted octanol–water partition coefficient (Wildman–Crippen LogP) is 0.629. The topological polar surface area (TPSA) is 99.2 Å². The largest absolute Gasteiger partial charge is 0.492 e. The van der Waals surface area contributed by atoms with Crippen LogP contribution < -0.4 is 10.1 Å². The Morgan fingerprint density at radius 2 is 2.03 bits per heavy atom. The van der Waals surface area contributed by atoms with Crippen molar-refractivity contribution in [3.63, 3.8) is 0 Å². The molecule has 3 heterocycles. The van der Waals surface area contributed by atoms with Gasteiger partial charge in [0.15, 0.2) is 0 Å². The van der Waals surface area contributed by atoms with Gasteiger partial charge in [-0.1, -0.05) is 0 Å². The molecule has 0 aromatic heterocycles. The normalized spacial score (nSPS) is 31.0. The minimum atomic E-state index is -0.720. The summed E-state index contributed by atoms with van der Waals surface area (Å²) in [6, 6.07) is 5.74. The molecule has 5 rings (SSSR count). The fourth-order valence-corrected chi connectivity index (χ4v) is 5.26. The van der Waals surface area contributed by atoms with E-state index in [1.165, 1.54) is 24.2 Å². The van der Waals surface area contributed by atoms with Gasteiger partial charge in [0, 0.05) is 30.6 Å². The lowest BCUT2D eigenvalue weighted by molar-refractivity contribution is -0.156. The zero-order valence-electron chi connectivity index (χ0n) is 16.2. The summed E-state index contributed by atoms with van der Waals surface area (Å²) in [5.74, 6) is 0.296. The van der Waals surface area contributed by atoms with E-state index in [0.29, 0.717) is 36.7 Å². The smallest absolute Gasteiger partial charge is 0.255 e. The molecule has 3 aliphatic heterocycles. The SMILES string of the molecule is O=C1CCC(N2Cc3cc(OC[C@H]4N[C@@H]5CC[C@H]4C5)ccc3C2=O)C(=O)N1CO. The molecule has 1 aliphatic carbocycles. The summed E-state index contributed by atoms with van der Waals surface area (Å²) in [6.45, 7) is 0.270. The Labute approximate surface area is 168 Å². The molecule has 0 radical (unpaired) electrons. The van der Waals surface area contributed by atoms with Gasteiger partial charge in [-0.05, 0) is 55.4 Å². The predicted molar refractivity (Wildman–Crippen MR) is 102 cm³/mol. The number of piperidine rings is 2. The van der Waals surface area contributed by atoms with Gasteiger partial charge in [0.2, 0.25) is 5.91 Å². The van der Waals surface area contributed by atoms with Gasteiger partial charge < -0.3 is 20.1 Å². The van der Waals surface area contributed by atoms with E-state index in [-0.39, 0.29) is 18.7 Å². The molecule has 2 N–H and O–H groups in total. The summed E-state index contributed by atoms with van der Waals surface area (Å²) in [6.07, 6.45) is 4.19. The number of imide groups is 1. The highest BCUT2D eigenvalue weighted by molar-refractivity contribution is 6.05. The van der Waals surface area contributed by atoms with Crippen molar-refractivity contribution < 1.29 is 24.2 Å². The maximum Gasteiger partial charge on any atom is 0.255 e. The summed E-state index contributed by atoms with van der Waals surface area (Å²) >= 11 is 0. The Morgan fingerprint density at radius 1 is 1.17 bits per heavy atom. The first-order valence-corrected chi connectivity index (χ1v) is 10.3. The lowest BCUT2D eigenvalue weighted by Gasteiger charge is -2.34. The second kappa shape index (κ2) is 7.11. The lowest BCUT2D eigenvalue weighted by Crippen LogP contribution is -2.54. The van der Waals surface area contributed by atoms with Crippen molar-refractivity contribution in [2.24, 2.45) is 5.92 Å². The van der Waals surface area contributed by atoms with Crippen molar-refractivity contribution >= 4 is 17.7 Å². The first kappa shape index (κ1) is 18.6. The number of ether oxygens (including phenoxy) is 1. The van der Waals surface area contributed by atoms with Crippen LogP contribution in [0.25, 0.3) is 0 Å². The first-order chi connectivity index (χ1) is 14.0. The first-order valence-electron chi connectivity index (χ1n) is 10.3. The van der Waals surface area contributed by atoms with E-state index in [9.17, 15) is 19.5 Å². The second-order valence-electron chi connectivity index (χ2n) is 8.46. The molecular formula is C21H25N3O5.